The summed E-state index contributed by atoms with van der Waals surface area (Å²) in [4.78, 5) is 10.3. The standard InChI is InChI=1S/C6H13NO6.ClH.H2O/c7-6(13)5(12)4(11)3(10)2(9)1-8;;/h2-5,8-12H,1H2,(H2,7,13);1H;1H2/t2-,3-,4+,5-;;/m1../s1. The molecule has 0 aromatic heterocycles. The number of aliphatic hydroxyl groups is 5. The molecule has 0 aliphatic carbocycles. The molecule has 0 aromatic carbocycles. The quantitative estimate of drug-likeness (QED) is 0.286. The molecule has 0 saturated heterocycles. The van der Waals surface area contributed by atoms with E-state index in [-0.39, 0.29) is 17.9 Å². The number of halogens is 1. The van der Waals surface area contributed by atoms with Crippen molar-refractivity contribution in [1.82, 2.24) is 0 Å². The van der Waals surface area contributed by atoms with Crippen LogP contribution in [0.2, 0.25) is 0 Å². The monoisotopic (exact) mass is 249 g/mol. The van der Waals surface area contributed by atoms with Crippen LogP contribution in [0, 0.1) is 0 Å². The predicted octanol–water partition coefficient (Wildman–Crippen LogP) is -4.50. The van der Waals surface area contributed by atoms with Gasteiger partial charge in [0, 0.05) is 0 Å². The van der Waals surface area contributed by atoms with E-state index in [1.54, 1.807) is 0 Å². The van der Waals surface area contributed by atoms with Crippen molar-refractivity contribution in [3.63, 3.8) is 0 Å². The highest BCUT2D eigenvalue weighted by Gasteiger charge is 2.32. The van der Waals surface area contributed by atoms with Gasteiger partial charge in [-0.3, -0.25) is 4.79 Å². The van der Waals surface area contributed by atoms with E-state index < -0.39 is 36.9 Å². The minimum Gasteiger partial charge on any atom is -0.412 e. The summed E-state index contributed by atoms with van der Waals surface area (Å²) in [5, 5.41) is 44.0. The number of amides is 1. The maximum atomic E-state index is 10.3. The van der Waals surface area contributed by atoms with Crippen LogP contribution in [0.15, 0.2) is 0 Å². The third-order valence-electron chi connectivity index (χ3n) is 1.55. The molecular formula is C6H16ClNO7. The van der Waals surface area contributed by atoms with Gasteiger partial charge in [-0.1, -0.05) is 0 Å². The Hall–Kier alpha value is -0.480. The van der Waals surface area contributed by atoms with Gasteiger partial charge in [-0.2, -0.15) is 0 Å². The largest absolute Gasteiger partial charge is 0.412 e. The summed E-state index contributed by atoms with van der Waals surface area (Å²) in [6.45, 7) is -0.802. The third kappa shape index (κ3) is 5.85. The number of carbonyl (C=O) groups is 1. The highest BCUT2D eigenvalue weighted by molar-refractivity contribution is 5.85. The Morgan fingerprint density at radius 2 is 1.53 bits per heavy atom. The van der Waals surface area contributed by atoms with E-state index in [1.807, 2.05) is 0 Å². The van der Waals surface area contributed by atoms with Gasteiger partial charge in [0.25, 0.3) is 0 Å². The second kappa shape index (κ2) is 8.80. The first-order chi connectivity index (χ1) is 5.91. The van der Waals surface area contributed by atoms with Crippen molar-refractivity contribution in [2.24, 2.45) is 5.73 Å². The molecule has 1 amide bonds. The van der Waals surface area contributed by atoms with Crippen LogP contribution in [0.1, 0.15) is 0 Å². The summed E-state index contributed by atoms with van der Waals surface area (Å²) in [6, 6.07) is 0. The SMILES string of the molecule is Cl.NC(=O)[C@H](O)[C@@H](O)[C@H](O)[C@H](O)CO.O. The van der Waals surface area contributed by atoms with Crippen molar-refractivity contribution < 1.29 is 35.8 Å². The maximum Gasteiger partial charge on any atom is 0.249 e. The predicted molar refractivity (Wildman–Crippen MR) is 51.2 cm³/mol. The minimum absolute atomic E-state index is 0. The molecule has 0 aliphatic rings. The summed E-state index contributed by atoms with van der Waals surface area (Å²) in [7, 11) is 0. The van der Waals surface area contributed by atoms with Crippen LogP contribution >= 0.6 is 12.4 Å². The van der Waals surface area contributed by atoms with Crippen LogP contribution in [0.25, 0.3) is 0 Å². The molecule has 0 bridgehead atoms. The summed E-state index contributed by atoms with van der Waals surface area (Å²) in [5.74, 6) is -1.23. The second-order valence-electron chi connectivity index (χ2n) is 2.58. The number of rotatable bonds is 5. The zero-order valence-electron chi connectivity index (χ0n) is 7.65. The van der Waals surface area contributed by atoms with Crippen molar-refractivity contribution >= 4 is 18.3 Å². The molecule has 4 atom stereocenters. The van der Waals surface area contributed by atoms with Gasteiger partial charge in [0.15, 0.2) is 6.10 Å². The fourth-order valence-electron chi connectivity index (χ4n) is 0.691. The molecule has 0 fully saturated rings. The number of primary amides is 1. The Balaban J connectivity index is -0.000000720. The Morgan fingerprint density at radius 1 is 1.13 bits per heavy atom. The van der Waals surface area contributed by atoms with Crippen LogP contribution in [-0.4, -0.2) is 67.9 Å². The average molecular weight is 250 g/mol. The Labute approximate surface area is 91.7 Å². The van der Waals surface area contributed by atoms with Crippen LogP contribution in [0.4, 0.5) is 0 Å². The van der Waals surface area contributed by atoms with E-state index in [9.17, 15) is 4.79 Å². The van der Waals surface area contributed by atoms with Gasteiger partial charge in [-0.15, -0.1) is 12.4 Å². The fourth-order valence-corrected chi connectivity index (χ4v) is 0.691. The number of aliphatic hydroxyl groups excluding tert-OH is 5. The van der Waals surface area contributed by atoms with Crippen molar-refractivity contribution in [3.05, 3.63) is 0 Å². The van der Waals surface area contributed by atoms with Gasteiger partial charge >= 0.3 is 0 Å². The smallest absolute Gasteiger partial charge is 0.249 e. The average Bonchev–Trinajstić information content (AvgIpc) is 2.12. The molecule has 8 nitrogen and oxygen atoms in total. The van der Waals surface area contributed by atoms with Crippen molar-refractivity contribution in [3.8, 4) is 0 Å². The molecule has 0 radical (unpaired) electrons. The van der Waals surface area contributed by atoms with E-state index in [0.717, 1.165) is 0 Å². The van der Waals surface area contributed by atoms with E-state index in [0.29, 0.717) is 0 Å². The summed E-state index contributed by atoms with van der Waals surface area (Å²) >= 11 is 0. The van der Waals surface area contributed by atoms with Crippen molar-refractivity contribution in [1.29, 1.82) is 0 Å². The molecule has 0 aromatic rings. The minimum atomic E-state index is -1.98. The number of hydrogen-bond donors (Lipinski definition) is 6. The zero-order valence-corrected chi connectivity index (χ0v) is 8.46. The molecule has 94 valence electrons. The molecule has 9 N–H and O–H groups in total. The van der Waals surface area contributed by atoms with Gasteiger partial charge in [0.05, 0.1) is 6.61 Å². The highest BCUT2D eigenvalue weighted by Crippen LogP contribution is 2.04. The van der Waals surface area contributed by atoms with Crippen LogP contribution in [0.3, 0.4) is 0 Å². The fraction of sp³-hybridized carbons (Fsp3) is 0.833. The second-order valence-corrected chi connectivity index (χ2v) is 2.58. The lowest BCUT2D eigenvalue weighted by Gasteiger charge is -2.23. The van der Waals surface area contributed by atoms with Crippen LogP contribution in [0.5, 0.6) is 0 Å². The summed E-state index contributed by atoms with van der Waals surface area (Å²) < 4.78 is 0. The van der Waals surface area contributed by atoms with Gasteiger partial charge in [-0.05, 0) is 0 Å². The summed E-state index contributed by atoms with van der Waals surface area (Å²) in [6.07, 6.45) is -7.35. The first-order valence-corrected chi connectivity index (χ1v) is 3.54. The van der Waals surface area contributed by atoms with Gasteiger partial charge in [-0.25, -0.2) is 0 Å². The van der Waals surface area contributed by atoms with Gasteiger partial charge in [0.1, 0.15) is 18.3 Å². The van der Waals surface area contributed by atoms with Gasteiger partial charge in [0.2, 0.25) is 5.91 Å². The normalized spacial score (nSPS) is 17.7. The van der Waals surface area contributed by atoms with E-state index in [4.69, 9.17) is 25.5 Å². The maximum absolute atomic E-state index is 10.3. The van der Waals surface area contributed by atoms with E-state index in [2.05, 4.69) is 5.73 Å². The molecule has 0 rings (SSSR count). The summed E-state index contributed by atoms with van der Waals surface area (Å²) in [5.41, 5.74) is 4.61. The molecule has 9 heteroatoms. The molecular weight excluding hydrogens is 234 g/mol. The van der Waals surface area contributed by atoms with Crippen molar-refractivity contribution in [2.45, 2.75) is 24.4 Å². The third-order valence-corrected chi connectivity index (χ3v) is 1.55. The van der Waals surface area contributed by atoms with Crippen LogP contribution < -0.4 is 5.73 Å². The molecule has 0 spiro atoms. The highest BCUT2D eigenvalue weighted by atomic mass is 35.5. The lowest BCUT2D eigenvalue weighted by atomic mass is 10.0. The topological polar surface area (TPSA) is 176 Å². The molecule has 15 heavy (non-hydrogen) atoms. The van der Waals surface area contributed by atoms with Gasteiger partial charge < -0.3 is 36.7 Å². The Kier molecular flexibility index (Phi) is 11.7. The lowest BCUT2D eigenvalue weighted by Crippen LogP contribution is -2.50. The Bertz CT molecular complexity index is 181. The lowest BCUT2D eigenvalue weighted by molar-refractivity contribution is -0.146. The molecule has 0 heterocycles. The van der Waals surface area contributed by atoms with Crippen molar-refractivity contribution in [2.75, 3.05) is 6.61 Å². The van der Waals surface area contributed by atoms with Crippen LogP contribution in [-0.2, 0) is 4.79 Å². The molecule has 0 aliphatic heterocycles. The number of nitrogens with two attached hydrogens (primary N) is 1. The first kappa shape index (κ1) is 20.0. The van der Waals surface area contributed by atoms with E-state index in [1.165, 1.54) is 0 Å². The number of carbonyl (C=O) groups excluding carboxylic acids is 1. The Morgan fingerprint density at radius 3 is 1.80 bits per heavy atom. The molecule has 0 unspecified atom stereocenters. The zero-order chi connectivity index (χ0) is 10.6. The molecule has 0 saturated carbocycles. The first-order valence-electron chi connectivity index (χ1n) is 3.54. The number of hydrogen-bond acceptors (Lipinski definition) is 6. The van der Waals surface area contributed by atoms with E-state index >= 15 is 0 Å².